The average Bonchev–Trinajstić information content (AvgIpc) is 2.47. The van der Waals surface area contributed by atoms with Crippen molar-refractivity contribution in [2.45, 2.75) is 33.1 Å². The van der Waals surface area contributed by atoms with E-state index in [1.165, 1.54) is 12.3 Å². The Morgan fingerprint density at radius 2 is 2.05 bits per heavy atom. The number of hydrogen-bond acceptors (Lipinski definition) is 4. The maximum absolute atomic E-state index is 13.0. The highest BCUT2D eigenvalue weighted by molar-refractivity contribution is 9.10. The van der Waals surface area contributed by atoms with Crippen LogP contribution >= 0.6 is 15.9 Å². The minimum absolute atomic E-state index is 0.240. The molecule has 0 fully saturated rings. The van der Waals surface area contributed by atoms with E-state index in [0.29, 0.717) is 11.5 Å². The van der Waals surface area contributed by atoms with Crippen molar-refractivity contribution in [1.82, 2.24) is 15.0 Å². The molecule has 0 bridgehead atoms. The lowest BCUT2D eigenvalue weighted by Gasteiger charge is -2.14. The van der Waals surface area contributed by atoms with Gasteiger partial charge in [-0.3, -0.25) is 0 Å². The first-order valence-electron chi connectivity index (χ1n) is 6.96. The molecule has 112 valence electrons. The van der Waals surface area contributed by atoms with Crippen molar-refractivity contribution in [2.75, 3.05) is 11.9 Å². The van der Waals surface area contributed by atoms with Crippen LogP contribution in [0.5, 0.6) is 0 Å². The zero-order chi connectivity index (χ0) is 15.4. The highest BCUT2D eigenvalue weighted by atomic mass is 79.9. The first-order valence-corrected chi connectivity index (χ1v) is 7.75. The summed E-state index contributed by atoms with van der Waals surface area (Å²) in [4.78, 5) is 13.1. The van der Waals surface area contributed by atoms with Gasteiger partial charge in [0.15, 0.2) is 5.82 Å². The fourth-order valence-electron chi connectivity index (χ4n) is 1.83. The van der Waals surface area contributed by atoms with Gasteiger partial charge >= 0.3 is 0 Å². The second-order valence-corrected chi connectivity index (χ2v) is 5.83. The number of hydrogen-bond donors (Lipinski definition) is 1. The quantitative estimate of drug-likeness (QED) is 0.866. The smallest absolute Gasteiger partial charge is 0.180 e. The number of pyridine rings is 1. The molecule has 0 atom stereocenters. The first-order chi connectivity index (χ1) is 10.0. The van der Waals surface area contributed by atoms with Crippen LogP contribution in [0.15, 0.2) is 22.8 Å². The van der Waals surface area contributed by atoms with Crippen LogP contribution < -0.4 is 5.32 Å². The molecule has 0 saturated heterocycles. The minimum atomic E-state index is -0.371. The molecule has 21 heavy (non-hydrogen) atoms. The molecule has 0 aliphatic carbocycles. The summed E-state index contributed by atoms with van der Waals surface area (Å²) in [5.41, 5.74) is 1.47. The van der Waals surface area contributed by atoms with Gasteiger partial charge in [-0.15, -0.1) is 0 Å². The topological polar surface area (TPSA) is 50.7 Å². The number of halogens is 2. The zero-order valence-corrected chi connectivity index (χ0v) is 13.9. The summed E-state index contributed by atoms with van der Waals surface area (Å²) in [5.74, 6) is 1.12. The van der Waals surface area contributed by atoms with Crippen LogP contribution in [-0.2, 0) is 0 Å². The fourth-order valence-corrected chi connectivity index (χ4v) is 2.61. The van der Waals surface area contributed by atoms with E-state index in [9.17, 15) is 4.39 Å². The summed E-state index contributed by atoms with van der Waals surface area (Å²) in [6.45, 7) is 7.05. The van der Waals surface area contributed by atoms with Gasteiger partial charge in [-0.25, -0.2) is 19.3 Å². The van der Waals surface area contributed by atoms with Gasteiger partial charge in [-0.2, -0.15) is 0 Å². The molecule has 2 rings (SSSR count). The third kappa shape index (κ3) is 3.75. The van der Waals surface area contributed by atoms with Crippen LogP contribution in [0.25, 0.3) is 11.5 Å². The highest BCUT2D eigenvalue weighted by Gasteiger charge is 2.16. The summed E-state index contributed by atoms with van der Waals surface area (Å²) in [7, 11) is 0. The lowest BCUT2D eigenvalue weighted by Crippen LogP contribution is -2.08. The molecule has 0 aliphatic heterocycles. The van der Waals surface area contributed by atoms with Gasteiger partial charge in [0, 0.05) is 6.54 Å². The van der Waals surface area contributed by atoms with E-state index in [1.54, 1.807) is 6.07 Å². The molecule has 0 saturated carbocycles. The number of rotatable bonds is 5. The molecule has 6 heteroatoms. The Hall–Kier alpha value is -1.56. The predicted octanol–water partition coefficient (Wildman–Crippen LogP) is 4.39. The van der Waals surface area contributed by atoms with Crippen molar-refractivity contribution < 1.29 is 4.39 Å². The van der Waals surface area contributed by atoms with E-state index in [-0.39, 0.29) is 11.7 Å². The van der Waals surface area contributed by atoms with Gasteiger partial charge < -0.3 is 5.32 Å². The standard InChI is InChI=1S/C15H18BrFN4/c1-4-7-18-15-12(16)13(9(2)3)20-14(21-15)11-6-5-10(17)8-19-11/h5-6,8-9H,4,7H2,1-3H3,(H,18,20,21). The number of nitrogens with one attached hydrogen (secondary N) is 1. The monoisotopic (exact) mass is 352 g/mol. The van der Waals surface area contributed by atoms with Gasteiger partial charge in [-0.05, 0) is 40.4 Å². The molecule has 1 N–H and O–H groups in total. The Labute approximate surface area is 132 Å². The summed E-state index contributed by atoms with van der Waals surface area (Å²) in [6.07, 6.45) is 2.17. The molecule has 0 amide bonds. The van der Waals surface area contributed by atoms with Crippen molar-refractivity contribution in [3.63, 3.8) is 0 Å². The van der Waals surface area contributed by atoms with Gasteiger partial charge in [0.25, 0.3) is 0 Å². The SMILES string of the molecule is CCCNc1nc(-c2ccc(F)cn2)nc(C(C)C)c1Br. The lowest BCUT2D eigenvalue weighted by atomic mass is 10.1. The summed E-state index contributed by atoms with van der Waals surface area (Å²) in [6, 6.07) is 2.95. The van der Waals surface area contributed by atoms with Crippen LogP contribution in [0.1, 0.15) is 38.8 Å². The van der Waals surface area contributed by atoms with Crippen molar-refractivity contribution in [2.24, 2.45) is 0 Å². The Morgan fingerprint density at radius 1 is 1.29 bits per heavy atom. The van der Waals surface area contributed by atoms with Crippen molar-refractivity contribution in [1.29, 1.82) is 0 Å². The van der Waals surface area contributed by atoms with Gasteiger partial charge in [0.2, 0.25) is 0 Å². The number of nitrogens with zero attached hydrogens (tertiary/aromatic N) is 3. The van der Waals surface area contributed by atoms with E-state index in [4.69, 9.17) is 0 Å². The summed E-state index contributed by atoms with van der Waals surface area (Å²) >= 11 is 3.56. The zero-order valence-electron chi connectivity index (χ0n) is 12.3. The largest absolute Gasteiger partial charge is 0.369 e. The van der Waals surface area contributed by atoms with Crippen LogP contribution in [0, 0.1) is 5.82 Å². The fraction of sp³-hybridized carbons (Fsp3) is 0.400. The Bertz CT molecular complexity index is 614. The first kappa shape index (κ1) is 15.8. The van der Waals surface area contributed by atoms with Crippen molar-refractivity contribution in [3.05, 3.63) is 34.3 Å². The van der Waals surface area contributed by atoms with Crippen molar-refractivity contribution >= 4 is 21.7 Å². The van der Waals surface area contributed by atoms with Crippen molar-refractivity contribution in [3.8, 4) is 11.5 Å². The van der Waals surface area contributed by atoms with E-state index in [2.05, 4.69) is 57.0 Å². The van der Waals surface area contributed by atoms with Crippen LogP contribution in [0.2, 0.25) is 0 Å². The van der Waals surface area contributed by atoms with Gasteiger partial charge in [0.1, 0.15) is 17.3 Å². The summed E-state index contributed by atoms with van der Waals surface area (Å²) < 4.78 is 13.9. The molecule has 2 aromatic rings. The molecule has 2 heterocycles. The maximum atomic E-state index is 13.0. The van der Waals surface area contributed by atoms with E-state index in [1.807, 2.05) is 0 Å². The normalized spacial score (nSPS) is 11.0. The third-order valence-electron chi connectivity index (χ3n) is 2.92. The molecular formula is C15H18BrFN4. The predicted molar refractivity (Wildman–Crippen MR) is 85.8 cm³/mol. The summed E-state index contributed by atoms with van der Waals surface area (Å²) in [5, 5.41) is 3.28. The van der Waals surface area contributed by atoms with Gasteiger partial charge in [-0.1, -0.05) is 20.8 Å². The molecule has 0 aliphatic rings. The molecular weight excluding hydrogens is 335 g/mol. The highest BCUT2D eigenvalue weighted by Crippen LogP contribution is 2.31. The van der Waals surface area contributed by atoms with Crippen LogP contribution in [0.3, 0.4) is 0 Å². The third-order valence-corrected chi connectivity index (χ3v) is 3.70. The molecule has 2 aromatic heterocycles. The Kier molecular flexibility index (Phi) is 5.22. The number of anilines is 1. The molecule has 0 aromatic carbocycles. The molecule has 4 nitrogen and oxygen atoms in total. The Balaban J connectivity index is 2.50. The van der Waals surface area contributed by atoms with Gasteiger partial charge in [0.05, 0.1) is 16.4 Å². The molecule has 0 spiro atoms. The molecule has 0 radical (unpaired) electrons. The van der Waals surface area contributed by atoms with Crippen LogP contribution in [-0.4, -0.2) is 21.5 Å². The Morgan fingerprint density at radius 3 is 2.62 bits per heavy atom. The lowest BCUT2D eigenvalue weighted by molar-refractivity contribution is 0.621. The van der Waals surface area contributed by atoms with E-state index in [0.717, 1.165) is 29.0 Å². The number of aromatic nitrogens is 3. The second-order valence-electron chi connectivity index (χ2n) is 5.04. The molecule has 0 unspecified atom stereocenters. The van der Waals surface area contributed by atoms with E-state index < -0.39 is 0 Å². The van der Waals surface area contributed by atoms with Crippen LogP contribution in [0.4, 0.5) is 10.2 Å². The maximum Gasteiger partial charge on any atom is 0.180 e. The minimum Gasteiger partial charge on any atom is -0.369 e. The van der Waals surface area contributed by atoms with E-state index >= 15 is 0 Å². The second kappa shape index (κ2) is 6.93. The average molecular weight is 353 g/mol.